The number of nitrogens with zero attached hydrogens (tertiary/aromatic N) is 1. The number of nitrogens with two attached hydrogens (primary N) is 1. The van der Waals surface area contributed by atoms with Gasteiger partial charge in [-0.2, -0.15) is 13.2 Å². The fourth-order valence-corrected chi connectivity index (χ4v) is 1.49. The van der Waals surface area contributed by atoms with Gasteiger partial charge in [0.1, 0.15) is 0 Å². The van der Waals surface area contributed by atoms with Gasteiger partial charge in [0.25, 0.3) is 0 Å². The molecule has 0 atom stereocenters. The van der Waals surface area contributed by atoms with Crippen LogP contribution in [0, 0.1) is 0 Å². The summed E-state index contributed by atoms with van der Waals surface area (Å²) in [7, 11) is 0. The fourth-order valence-electron chi connectivity index (χ4n) is 1.49. The van der Waals surface area contributed by atoms with E-state index in [-0.39, 0.29) is 11.6 Å². The Morgan fingerprint density at radius 1 is 1.19 bits per heavy atom. The quantitative estimate of drug-likeness (QED) is 0.773. The highest BCUT2D eigenvalue weighted by atomic mass is 19.4. The van der Waals surface area contributed by atoms with E-state index >= 15 is 0 Å². The molecule has 0 aromatic rings. The van der Waals surface area contributed by atoms with E-state index in [2.05, 4.69) is 0 Å². The summed E-state index contributed by atoms with van der Waals surface area (Å²) in [6.45, 7) is 6.93. The maximum atomic E-state index is 12.3. The smallest absolute Gasteiger partial charge is 0.326 e. The van der Waals surface area contributed by atoms with Crippen LogP contribution in [-0.4, -0.2) is 35.7 Å². The molecular formula is C11H23F3N2. The molecule has 0 aromatic carbocycles. The van der Waals surface area contributed by atoms with Gasteiger partial charge in [-0.3, -0.25) is 4.90 Å². The van der Waals surface area contributed by atoms with Crippen LogP contribution in [-0.2, 0) is 0 Å². The molecule has 0 saturated heterocycles. The molecule has 0 unspecified atom stereocenters. The van der Waals surface area contributed by atoms with Gasteiger partial charge in [-0.05, 0) is 47.1 Å². The molecule has 0 heterocycles. The van der Waals surface area contributed by atoms with Crippen LogP contribution >= 0.6 is 0 Å². The molecule has 98 valence electrons. The van der Waals surface area contributed by atoms with Crippen molar-refractivity contribution in [1.29, 1.82) is 0 Å². The molecule has 0 radical (unpaired) electrons. The van der Waals surface area contributed by atoms with Crippen molar-refractivity contribution in [2.45, 2.75) is 58.3 Å². The van der Waals surface area contributed by atoms with Crippen molar-refractivity contribution in [2.24, 2.45) is 5.73 Å². The van der Waals surface area contributed by atoms with Gasteiger partial charge in [-0.25, -0.2) is 0 Å². The summed E-state index contributed by atoms with van der Waals surface area (Å²) in [5, 5.41) is 0. The van der Waals surface area contributed by atoms with E-state index in [1.54, 1.807) is 13.8 Å². The first-order valence-corrected chi connectivity index (χ1v) is 5.61. The van der Waals surface area contributed by atoms with Crippen LogP contribution in [0.2, 0.25) is 0 Å². The Labute approximate surface area is 96.0 Å². The standard InChI is InChI=1S/C11H23F3N2/c1-9(2)16(8-11(12,13)14)7-5-6-10(3,4)15/h9H,5-8,15H2,1-4H3. The predicted molar refractivity (Wildman–Crippen MR) is 60.3 cm³/mol. The lowest BCUT2D eigenvalue weighted by Crippen LogP contribution is -2.40. The molecule has 0 saturated carbocycles. The van der Waals surface area contributed by atoms with Crippen molar-refractivity contribution in [1.82, 2.24) is 4.90 Å². The van der Waals surface area contributed by atoms with Crippen LogP contribution in [0.3, 0.4) is 0 Å². The van der Waals surface area contributed by atoms with Crippen LogP contribution in [0.5, 0.6) is 0 Å². The van der Waals surface area contributed by atoms with Crippen molar-refractivity contribution in [3.63, 3.8) is 0 Å². The number of alkyl halides is 3. The topological polar surface area (TPSA) is 29.3 Å². The summed E-state index contributed by atoms with van der Waals surface area (Å²) in [5.74, 6) is 0. The lowest BCUT2D eigenvalue weighted by molar-refractivity contribution is -0.149. The summed E-state index contributed by atoms with van der Waals surface area (Å²) in [5.41, 5.74) is 5.48. The van der Waals surface area contributed by atoms with Gasteiger partial charge in [0.05, 0.1) is 6.54 Å². The highest BCUT2D eigenvalue weighted by Gasteiger charge is 2.31. The third-order valence-electron chi connectivity index (χ3n) is 2.38. The average molecular weight is 240 g/mol. The first kappa shape index (κ1) is 15.7. The molecule has 0 spiro atoms. The van der Waals surface area contributed by atoms with Gasteiger partial charge >= 0.3 is 6.18 Å². The minimum Gasteiger partial charge on any atom is -0.326 e. The van der Waals surface area contributed by atoms with Crippen LogP contribution in [0.1, 0.15) is 40.5 Å². The molecule has 0 rings (SSSR count). The van der Waals surface area contributed by atoms with E-state index in [1.807, 2.05) is 13.8 Å². The molecule has 0 fully saturated rings. The van der Waals surface area contributed by atoms with Crippen molar-refractivity contribution in [2.75, 3.05) is 13.1 Å². The van der Waals surface area contributed by atoms with Gasteiger partial charge in [0.2, 0.25) is 0 Å². The van der Waals surface area contributed by atoms with E-state index in [0.717, 1.165) is 6.42 Å². The second-order valence-corrected chi connectivity index (χ2v) is 5.27. The Kier molecular flexibility index (Phi) is 5.76. The Balaban J connectivity index is 4.06. The molecular weight excluding hydrogens is 217 g/mol. The van der Waals surface area contributed by atoms with Crippen molar-refractivity contribution >= 4 is 0 Å². The van der Waals surface area contributed by atoms with Gasteiger partial charge in [-0.15, -0.1) is 0 Å². The van der Waals surface area contributed by atoms with Crippen molar-refractivity contribution in [3.8, 4) is 0 Å². The predicted octanol–water partition coefficient (Wildman–Crippen LogP) is 2.78. The molecule has 0 aliphatic rings. The third kappa shape index (κ3) is 8.97. The van der Waals surface area contributed by atoms with Crippen molar-refractivity contribution in [3.05, 3.63) is 0 Å². The average Bonchev–Trinajstić information content (AvgIpc) is 1.97. The summed E-state index contributed by atoms with van der Waals surface area (Å²) in [6.07, 6.45) is -2.70. The Hall–Kier alpha value is -0.290. The zero-order valence-corrected chi connectivity index (χ0v) is 10.6. The molecule has 2 nitrogen and oxygen atoms in total. The van der Waals surface area contributed by atoms with E-state index in [0.29, 0.717) is 13.0 Å². The number of hydrogen-bond donors (Lipinski definition) is 1. The lowest BCUT2D eigenvalue weighted by Gasteiger charge is -2.28. The second kappa shape index (κ2) is 5.87. The highest BCUT2D eigenvalue weighted by molar-refractivity contribution is 4.74. The normalized spacial score (nSPS) is 13.9. The minimum absolute atomic E-state index is 0.0949. The van der Waals surface area contributed by atoms with Gasteiger partial charge in [-0.1, -0.05) is 0 Å². The number of halogens is 3. The van der Waals surface area contributed by atoms with Crippen LogP contribution in [0.15, 0.2) is 0 Å². The Bertz CT molecular complexity index is 194. The first-order valence-electron chi connectivity index (χ1n) is 5.61. The van der Waals surface area contributed by atoms with E-state index < -0.39 is 12.7 Å². The van der Waals surface area contributed by atoms with E-state index in [4.69, 9.17) is 5.73 Å². The van der Waals surface area contributed by atoms with Gasteiger partial charge in [0.15, 0.2) is 0 Å². The molecule has 16 heavy (non-hydrogen) atoms. The summed E-state index contributed by atoms with van der Waals surface area (Å²) in [4.78, 5) is 1.44. The van der Waals surface area contributed by atoms with Gasteiger partial charge < -0.3 is 5.73 Å². The summed E-state index contributed by atoms with van der Waals surface area (Å²) in [6, 6.07) is -0.0949. The Morgan fingerprint density at radius 2 is 1.69 bits per heavy atom. The van der Waals surface area contributed by atoms with Crippen molar-refractivity contribution < 1.29 is 13.2 Å². The molecule has 0 bridgehead atoms. The molecule has 5 heteroatoms. The summed E-state index contributed by atoms with van der Waals surface area (Å²) >= 11 is 0. The SMILES string of the molecule is CC(C)N(CCCC(C)(C)N)CC(F)(F)F. The molecule has 0 amide bonds. The number of rotatable bonds is 6. The van der Waals surface area contributed by atoms with Crippen LogP contribution < -0.4 is 5.73 Å². The maximum absolute atomic E-state index is 12.3. The van der Waals surface area contributed by atoms with E-state index in [9.17, 15) is 13.2 Å². The fraction of sp³-hybridized carbons (Fsp3) is 1.00. The highest BCUT2D eigenvalue weighted by Crippen LogP contribution is 2.19. The molecule has 0 aliphatic heterocycles. The third-order valence-corrected chi connectivity index (χ3v) is 2.38. The lowest BCUT2D eigenvalue weighted by atomic mass is 10.00. The van der Waals surface area contributed by atoms with Crippen LogP contribution in [0.25, 0.3) is 0 Å². The zero-order chi connectivity index (χ0) is 13.0. The molecule has 2 N–H and O–H groups in total. The minimum atomic E-state index is -4.12. The van der Waals surface area contributed by atoms with Crippen LogP contribution in [0.4, 0.5) is 13.2 Å². The zero-order valence-electron chi connectivity index (χ0n) is 10.6. The Morgan fingerprint density at radius 3 is 2.00 bits per heavy atom. The molecule has 0 aromatic heterocycles. The second-order valence-electron chi connectivity index (χ2n) is 5.27. The first-order chi connectivity index (χ1) is 7.01. The largest absolute Gasteiger partial charge is 0.401 e. The molecule has 0 aliphatic carbocycles. The van der Waals surface area contributed by atoms with E-state index in [1.165, 1.54) is 4.90 Å². The van der Waals surface area contributed by atoms with Gasteiger partial charge in [0, 0.05) is 11.6 Å². The summed E-state index contributed by atoms with van der Waals surface area (Å²) < 4.78 is 36.8. The number of hydrogen-bond acceptors (Lipinski definition) is 2. The monoisotopic (exact) mass is 240 g/mol. The maximum Gasteiger partial charge on any atom is 0.401 e.